The topological polar surface area (TPSA) is 87.5 Å². The third-order valence-corrected chi connectivity index (χ3v) is 5.61. The standard InChI is InChI=1S/C23H24FN5O3/c1-16(30)27-8-10-28(11-9-27)19-6-7-21-20(12-19)23(32)29(15-26-21)14-22(31)25-13-17-2-4-18(24)5-3-17/h2-7,12,15H,8-11,13-14H2,1H3,(H,25,31). The van der Waals surface area contributed by atoms with Crippen molar-refractivity contribution in [2.45, 2.75) is 20.0 Å². The number of halogens is 1. The number of benzene rings is 2. The van der Waals surface area contributed by atoms with Crippen molar-refractivity contribution in [3.8, 4) is 0 Å². The maximum absolute atomic E-state index is 13.0. The number of aromatic nitrogens is 2. The number of amides is 2. The lowest BCUT2D eigenvalue weighted by Crippen LogP contribution is -2.48. The fraction of sp³-hybridized carbons (Fsp3) is 0.304. The Bertz CT molecular complexity index is 1200. The van der Waals surface area contributed by atoms with Crippen molar-refractivity contribution < 1.29 is 14.0 Å². The molecular formula is C23H24FN5O3. The van der Waals surface area contributed by atoms with Gasteiger partial charge in [0.2, 0.25) is 11.8 Å². The summed E-state index contributed by atoms with van der Waals surface area (Å²) in [4.78, 5) is 45.1. The first-order valence-corrected chi connectivity index (χ1v) is 10.4. The Balaban J connectivity index is 1.46. The molecule has 0 atom stereocenters. The summed E-state index contributed by atoms with van der Waals surface area (Å²) < 4.78 is 14.3. The number of fused-ring (bicyclic) bond motifs is 1. The predicted octanol–water partition coefficient (Wildman–Crippen LogP) is 1.52. The fourth-order valence-electron chi connectivity index (χ4n) is 3.75. The minimum absolute atomic E-state index is 0.0629. The van der Waals surface area contributed by atoms with Crippen LogP contribution in [0.5, 0.6) is 0 Å². The van der Waals surface area contributed by atoms with Crippen LogP contribution in [-0.4, -0.2) is 52.4 Å². The van der Waals surface area contributed by atoms with Gasteiger partial charge < -0.3 is 15.1 Å². The monoisotopic (exact) mass is 437 g/mol. The summed E-state index contributed by atoms with van der Waals surface area (Å²) in [7, 11) is 0. The van der Waals surface area contributed by atoms with Crippen molar-refractivity contribution in [1.82, 2.24) is 19.8 Å². The second-order valence-electron chi connectivity index (χ2n) is 7.78. The average molecular weight is 437 g/mol. The van der Waals surface area contributed by atoms with E-state index in [1.54, 1.807) is 36.1 Å². The number of hydrogen-bond donors (Lipinski definition) is 1. The smallest absolute Gasteiger partial charge is 0.261 e. The molecule has 1 saturated heterocycles. The lowest BCUT2D eigenvalue weighted by atomic mass is 10.2. The quantitative estimate of drug-likeness (QED) is 0.654. The Kier molecular flexibility index (Phi) is 6.16. The Labute approximate surface area is 184 Å². The molecule has 166 valence electrons. The molecule has 0 unspecified atom stereocenters. The maximum Gasteiger partial charge on any atom is 0.261 e. The van der Waals surface area contributed by atoms with E-state index < -0.39 is 0 Å². The predicted molar refractivity (Wildman–Crippen MR) is 119 cm³/mol. The van der Waals surface area contributed by atoms with Crippen LogP contribution in [0.2, 0.25) is 0 Å². The molecule has 4 rings (SSSR count). The number of nitrogens with one attached hydrogen (secondary N) is 1. The molecule has 8 nitrogen and oxygen atoms in total. The summed E-state index contributed by atoms with van der Waals surface area (Å²) in [5, 5.41) is 3.16. The van der Waals surface area contributed by atoms with Crippen molar-refractivity contribution in [2.75, 3.05) is 31.1 Å². The molecule has 1 N–H and O–H groups in total. The van der Waals surface area contributed by atoms with Crippen LogP contribution in [-0.2, 0) is 22.7 Å². The van der Waals surface area contributed by atoms with E-state index in [0.29, 0.717) is 37.1 Å². The van der Waals surface area contributed by atoms with E-state index in [2.05, 4.69) is 15.2 Å². The number of nitrogens with zero attached hydrogens (tertiary/aromatic N) is 4. The number of piperazine rings is 1. The highest BCUT2D eigenvalue weighted by Crippen LogP contribution is 2.20. The van der Waals surface area contributed by atoms with Crippen LogP contribution in [0.3, 0.4) is 0 Å². The molecule has 0 spiro atoms. The van der Waals surface area contributed by atoms with E-state index in [0.717, 1.165) is 11.3 Å². The SMILES string of the molecule is CC(=O)N1CCN(c2ccc3ncn(CC(=O)NCc4ccc(F)cc4)c(=O)c3c2)CC1. The molecule has 1 aliphatic heterocycles. The molecule has 1 aromatic heterocycles. The van der Waals surface area contributed by atoms with Gasteiger partial charge in [0.05, 0.1) is 17.2 Å². The highest BCUT2D eigenvalue weighted by atomic mass is 19.1. The summed E-state index contributed by atoms with van der Waals surface area (Å²) >= 11 is 0. The molecule has 0 radical (unpaired) electrons. The van der Waals surface area contributed by atoms with Gasteiger partial charge in [0.25, 0.3) is 5.56 Å². The van der Waals surface area contributed by atoms with E-state index in [1.807, 2.05) is 6.07 Å². The summed E-state index contributed by atoms with van der Waals surface area (Å²) in [5.74, 6) is -0.615. The summed E-state index contributed by atoms with van der Waals surface area (Å²) in [6.07, 6.45) is 1.37. The third kappa shape index (κ3) is 4.77. The van der Waals surface area contributed by atoms with Crippen LogP contribution in [0.1, 0.15) is 12.5 Å². The fourth-order valence-corrected chi connectivity index (χ4v) is 3.75. The van der Waals surface area contributed by atoms with Crippen molar-refractivity contribution in [1.29, 1.82) is 0 Å². The van der Waals surface area contributed by atoms with E-state index in [4.69, 9.17) is 0 Å². The van der Waals surface area contributed by atoms with Gasteiger partial charge in [-0.15, -0.1) is 0 Å². The number of carbonyl (C=O) groups excluding carboxylic acids is 2. The lowest BCUT2D eigenvalue weighted by molar-refractivity contribution is -0.129. The van der Waals surface area contributed by atoms with Gasteiger partial charge in [0.1, 0.15) is 12.4 Å². The minimum Gasteiger partial charge on any atom is -0.368 e. The molecule has 32 heavy (non-hydrogen) atoms. The minimum atomic E-state index is -0.339. The van der Waals surface area contributed by atoms with Crippen molar-refractivity contribution >= 4 is 28.4 Å². The van der Waals surface area contributed by atoms with Crippen LogP contribution in [0, 0.1) is 5.82 Å². The Hall–Kier alpha value is -3.75. The molecule has 2 heterocycles. The molecule has 3 aromatic rings. The number of anilines is 1. The van der Waals surface area contributed by atoms with Crippen LogP contribution >= 0.6 is 0 Å². The Morgan fingerprint density at radius 2 is 1.78 bits per heavy atom. The van der Waals surface area contributed by atoms with Crippen LogP contribution in [0.25, 0.3) is 10.9 Å². The first-order valence-electron chi connectivity index (χ1n) is 10.4. The van der Waals surface area contributed by atoms with Gasteiger partial charge in [-0.1, -0.05) is 12.1 Å². The molecule has 2 aromatic carbocycles. The van der Waals surface area contributed by atoms with E-state index in [1.165, 1.54) is 23.0 Å². The molecular weight excluding hydrogens is 413 g/mol. The zero-order valence-electron chi connectivity index (χ0n) is 17.8. The maximum atomic E-state index is 13.0. The highest BCUT2D eigenvalue weighted by Gasteiger charge is 2.19. The van der Waals surface area contributed by atoms with Gasteiger partial charge in [-0.3, -0.25) is 19.0 Å². The third-order valence-electron chi connectivity index (χ3n) is 5.61. The molecule has 2 amide bonds. The summed E-state index contributed by atoms with van der Waals surface area (Å²) in [5.41, 5.74) is 1.91. The highest BCUT2D eigenvalue weighted by molar-refractivity contribution is 5.82. The zero-order valence-corrected chi connectivity index (χ0v) is 17.8. The van der Waals surface area contributed by atoms with E-state index in [9.17, 15) is 18.8 Å². The lowest BCUT2D eigenvalue weighted by Gasteiger charge is -2.35. The van der Waals surface area contributed by atoms with Crippen LogP contribution < -0.4 is 15.8 Å². The Morgan fingerprint density at radius 1 is 1.06 bits per heavy atom. The first-order chi connectivity index (χ1) is 15.4. The second kappa shape index (κ2) is 9.17. The number of hydrogen-bond acceptors (Lipinski definition) is 5. The summed E-state index contributed by atoms with van der Waals surface area (Å²) in [6, 6.07) is 11.4. The van der Waals surface area contributed by atoms with E-state index >= 15 is 0 Å². The second-order valence-corrected chi connectivity index (χ2v) is 7.78. The average Bonchev–Trinajstić information content (AvgIpc) is 2.80. The largest absolute Gasteiger partial charge is 0.368 e. The number of carbonyl (C=O) groups is 2. The zero-order chi connectivity index (χ0) is 22.7. The summed E-state index contributed by atoms with van der Waals surface area (Å²) in [6.45, 7) is 4.29. The Morgan fingerprint density at radius 3 is 2.47 bits per heavy atom. The molecule has 1 fully saturated rings. The normalized spacial score (nSPS) is 13.9. The van der Waals surface area contributed by atoms with Crippen LogP contribution in [0.15, 0.2) is 53.6 Å². The van der Waals surface area contributed by atoms with Crippen molar-refractivity contribution in [3.63, 3.8) is 0 Å². The molecule has 9 heteroatoms. The van der Waals surface area contributed by atoms with Gasteiger partial charge in [-0.05, 0) is 35.9 Å². The van der Waals surface area contributed by atoms with Gasteiger partial charge in [-0.25, -0.2) is 9.37 Å². The molecule has 0 bridgehead atoms. The van der Waals surface area contributed by atoms with E-state index in [-0.39, 0.29) is 36.3 Å². The van der Waals surface area contributed by atoms with Gasteiger partial charge >= 0.3 is 0 Å². The van der Waals surface area contributed by atoms with Crippen molar-refractivity contribution in [3.05, 3.63) is 70.5 Å². The van der Waals surface area contributed by atoms with Crippen LogP contribution in [0.4, 0.5) is 10.1 Å². The van der Waals surface area contributed by atoms with Gasteiger partial charge in [0, 0.05) is 45.3 Å². The molecule has 1 aliphatic rings. The first kappa shape index (κ1) is 21.5. The molecule has 0 saturated carbocycles. The van der Waals surface area contributed by atoms with Gasteiger partial charge in [0.15, 0.2) is 0 Å². The molecule has 0 aliphatic carbocycles. The number of rotatable bonds is 5. The van der Waals surface area contributed by atoms with Gasteiger partial charge in [-0.2, -0.15) is 0 Å². The van der Waals surface area contributed by atoms with Crippen molar-refractivity contribution in [2.24, 2.45) is 0 Å².